The third-order valence-electron chi connectivity index (χ3n) is 4.85. The number of hydrogen-bond acceptors (Lipinski definition) is 5. The molecule has 2 aliphatic heterocycles. The first kappa shape index (κ1) is 15.7. The van der Waals surface area contributed by atoms with E-state index in [-0.39, 0.29) is 11.9 Å². The van der Waals surface area contributed by atoms with E-state index in [4.69, 9.17) is 0 Å². The Hall–Kier alpha value is -1.18. The van der Waals surface area contributed by atoms with Gasteiger partial charge in [-0.25, -0.2) is 9.78 Å². The first-order valence-corrected chi connectivity index (χ1v) is 8.65. The first-order valence-electron chi connectivity index (χ1n) is 7.77. The van der Waals surface area contributed by atoms with Crippen LogP contribution in [0.5, 0.6) is 0 Å². The van der Waals surface area contributed by atoms with Crippen LogP contribution in [-0.2, 0) is 6.54 Å². The van der Waals surface area contributed by atoms with E-state index in [1.165, 1.54) is 0 Å². The van der Waals surface area contributed by atoms with E-state index >= 15 is 0 Å². The van der Waals surface area contributed by atoms with Crippen LogP contribution in [0.25, 0.3) is 0 Å². The van der Waals surface area contributed by atoms with Crippen LogP contribution >= 0.6 is 11.3 Å². The zero-order chi connectivity index (χ0) is 15.7. The summed E-state index contributed by atoms with van der Waals surface area (Å²) in [6, 6.07) is 0.0408. The third kappa shape index (κ3) is 3.11. The maximum atomic E-state index is 12.2. The second-order valence-corrected chi connectivity index (χ2v) is 7.56. The number of hydrogen-bond donors (Lipinski definition) is 1. The summed E-state index contributed by atoms with van der Waals surface area (Å²) in [7, 11) is 3.55. The highest BCUT2D eigenvalue weighted by Crippen LogP contribution is 2.36. The van der Waals surface area contributed by atoms with Gasteiger partial charge in [0, 0.05) is 57.8 Å². The fourth-order valence-corrected chi connectivity index (χ4v) is 4.15. The summed E-state index contributed by atoms with van der Waals surface area (Å²) in [4.78, 5) is 22.3. The number of fused-ring (bicyclic) bond motifs is 1. The number of urea groups is 1. The lowest BCUT2D eigenvalue weighted by atomic mass is 9.76. The highest BCUT2D eigenvalue weighted by atomic mass is 32.1. The molecule has 1 N–H and O–H groups in total. The molecule has 0 unspecified atom stereocenters. The van der Waals surface area contributed by atoms with Gasteiger partial charge in [0.2, 0.25) is 0 Å². The molecule has 6 nitrogen and oxygen atoms in total. The zero-order valence-electron chi connectivity index (χ0n) is 13.2. The smallest absolute Gasteiger partial charge is 0.319 e. The monoisotopic (exact) mass is 324 g/mol. The summed E-state index contributed by atoms with van der Waals surface area (Å²) in [5, 5.41) is 14.0. The molecule has 2 aliphatic rings. The van der Waals surface area contributed by atoms with Crippen molar-refractivity contribution in [2.24, 2.45) is 5.92 Å². The summed E-state index contributed by atoms with van der Waals surface area (Å²) in [6.07, 6.45) is 3.30. The van der Waals surface area contributed by atoms with Crippen LogP contribution in [0, 0.1) is 5.92 Å². The Morgan fingerprint density at radius 1 is 1.45 bits per heavy atom. The van der Waals surface area contributed by atoms with Gasteiger partial charge in [-0.1, -0.05) is 0 Å². The molecule has 0 bridgehead atoms. The number of piperidine rings is 2. The predicted octanol–water partition coefficient (Wildman–Crippen LogP) is 1.08. The Morgan fingerprint density at radius 2 is 2.23 bits per heavy atom. The number of aliphatic hydroxyl groups is 1. The predicted molar refractivity (Wildman–Crippen MR) is 85.7 cm³/mol. The molecule has 3 rings (SSSR count). The van der Waals surface area contributed by atoms with Crippen molar-refractivity contribution in [3.8, 4) is 0 Å². The van der Waals surface area contributed by atoms with Gasteiger partial charge in [-0.2, -0.15) is 0 Å². The van der Waals surface area contributed by atoms with Gasteiger partial charge in [-0.05, 0) is 12.8 Å². The van der Waals surface area contributed by atoms with Crippen molar-refractivity contribution in [3.63, 3.8) is 0 Å². The van der Waals surface area contributed by atoms with Crippen LogP contribution in [-0.4, -0.2) is 76.7 Å². The minimum atomic E-state index is -0.609. The summed E-state index contributed by atoms with van der Waals surface area (Å²) >= 11 is 1.67. The number of thiazole rings is 1. The van der Waals surface area contributed by atoms with E-state index in [0.717, 1.165) is 31.1 Å². The first-order chi connectivity index (χ1) is 10.5. The SMILES string of the molecule is CN(C)C(=O)N1CC[C@]2(O)CCN(Cc3nccs3)C[C@@H]2C1. The lowest BCUT2D eigenvalue weighted by molar-refractivity contribution is -0.108. The molecule has 0 radical (unpaired) electrons. The fourth-order valence-electron chi connectivity index (χ4n) is 3.49. The highest BCUT2D eigenvalue weighted by molar-refractivity contribution is 7.09. The second kappa shape index (κ2) is 6.14. The van der Waals surface area contributed by atoms with Gasteiger partial charge in [0.1, 0.15) is 5.01 Å². The van der Waals surface area contributed by atoms with Crippen molar-refractivity contribution in [1.29, 1.82) is 0 Å². The number of aromatic nitrogens is 1. The van der Waals surface area contributed by atoms with Crippen LogP contribution in [0.1, 0.15) is 17.8 Å². The van der Waals surface area contributed by atoms with Crippen LogP contribution in [0.15, 0.2) is 11.6 Å². The standard InChI is InChI=1S/C15H24N4O2S/c1-17(2)14(20)19-7-4-15(21)3-6-18(9-12(15)10-19)11-13-16-5-8-22-13/h5,8,12,21H,3-4,6-7,9-11H2,1-2H3/t12-,15-/m1/s1. The van der Waals surface area contributed by atoms with Crippen molar-refractivity contribution < 1.29 is 9.90 Å². The Balaban J connectivity index is 1.65. The van der Waals surface area contributed by atoms with E-state index in [1.54, 1.807) is 30.3 Å². The summed E-state index contributed by atoms with van der Waals surface area (Å²) < 4.78 is 0. The molecule has 2 amide bonds. The second-order valence-electron chi connectivity index (χ2n) is 6.58. The Morgan fingerprint density at radius 3 is 2.91 bits per heavy atom. The molecule has 0 spiro atoms. The van der Waals surface area contributed by atoms with Crippen LogP contribution in [0.4, 0.5) is 4.79 Å². The topological polar surface area (TPSA) is 59.9 Å². The van der Waals surface area contributed by atoms with Gasteiger partial charge in [0.15, 0.2) is 0 Å². The number of rotatable bonds is 2. The summed E-state index contributed by atoms with van der Waals surface area (Å²) in [5.74, 6) is 0.124. The molecule has 22 heavy (non-hydrogen) atoms. The van der Waals surface area contributed by atoms with Gasteiger partial charge in [-0.15, -0.1) is 11.3 Å². The minimum Gasteiger partial charge on any atom is -0.389 e. The fraction of sp³-hybridized carbons (Fsp3) is 0.733. The molecule has 0 aliphatic carbocycles. The normalized spacial score (nSPS) is 29.2. The lowest BCUT2D eigenvalue weighted by Crippen LogP contribution is -2.61. The van der Waals surface area contributed by atoms with Gasteiger partial charge < -0.3 is 14.9 Å². The van der Waals surface area contributed by atoms with E-state index in [0.29, 0.717) is 19.5 Å². The number of amides is 2. The van der Waals surface area contributed by atoms with Crippen LogP contribution < -0.4 is 0 Å². The molecule has 0 aromatic carbocycles. The van der Waals surface area contributed by atoms with Gasteiger partial charge in [0.05, 0.1) is 12.1 Å². The van der Waals surface area contributed by atoms with E-state index in [2.05, 4.69) is 9.88 Å². The molecule has 2 saturated heterocycles. The minimum absolute atomic E-state index is 0.0408. The quantitative estimate of drug-likeness (QED) is 0.884. The number of nitrogens with zero attached hydrogens (tertiary/aromatic N) is 4. The third-order valence-corrected chi connectivity index (χ3v) is 5.61. The average molecular weight is 324 g/mol. The highest BCUT2D eigenvalue weighted by Gasteiger charge is 2.46. The number of likely N-dealkylation sites (tertiary alicyclic amines) is 2. The molecule has 2 atom stereocenters. The lowest BCUT2D eigenvalue weighted by Gasteiger charge is -2.50. The van der Waals surface area contributed by atoms with Gasteiger partial charge >= 0.3 is 6.03 Å². The van der Waals surface area contributed by atoms with Gasteiger partial charge in [0.25, 0.3) is 0 Å². The Bertz CT molecular complexity index is 522. The van der Waals surface area contributed by atoms with Gasteiger partial charge in [-0.3, -0.25) is 4.90 Å². The largest absolute Gasteiger partial charge is 0.389 e. The summed E-state index contributed by atoms with van der Waals surface area (Å²) in [6.45, 7) is 3.85. The molecular formula is C15H24N4O2S. The van der Waals surface area contributed by atoms with Crippen molar-refractivity contribution in [2.45, 2.75) is 25.0 Å². The van der Waals surface area contributed by atoms with E-state index in [9.17, 15) is 9.90 Å². The molecule has 3 heterocycles. The van der Waals surface area contributed by atoms with Crippen LogP contribution in [0.2, 0.25) is 0 Å². The van der Waals surface area contributed by atoms with Crippen molar-refractivity contribution in [3.05, 3.63) is 16.6 Å². The van der Waals surface area contributed by atoms with E-state index < -0.39 is 5.60 Å². The molecule has 122 valence electrons. The number of carbonyl (C=O) groups excluding carboxylic acids is 1. The van der Waals surface area contributed by atoms with Crippen molar-refractivity contribution in [1.82, 2.24) is 19.7 Å². The zero-order valence-corrected chi connectivity index (χ0v) is 14.1. The summed E-state index contributed by atoms with van der Waals surface area (Å²) in [5.41, 5.74) is -0.609. The Kier molecular flexibility index (Phi) is 4.38. The molecule has 1 aromatic rings. The molecule has 1 aromatic heterocycles. The molecular weight excluding hydrogens is 300 g/mol. The molecule has 2 fully saturated rings. The average Bonchev–Trinajstić information content (AvgIpc) is 2.99. The maximum absolute atomic E-state index is 12.2. The Labute approximate surface area is 135 Å². The van der Waals surface area contributed by atoms with Crippen LogP contribution in [0.3, 0.4) is 0 Å². The molecule has 7 heteroatoms. The van der Waals surface area contributed by atoms with E-state index in [1.807, 2.05) is 16.5 Å². The molecule has 0 saturated carbocycles. The van der Waals surface area contributed by atoms with Crippen molar-refractivity contribution in [2.75, 3.05) is 40.3 Å². The maximum Gasteiger partial charge on any atom is 0.319 e. The number of carbonyl (C=O) groups is 1. The van der Waals surface area contributed by atoms with Crippen molar-refractivity contribution >= 4 is 17.4 Å².